The van der Waals surface area contributed by atoms with E-state index in [1.807, 2.05) is 26.8 Å². The maximum absolute atomic E-state index is 13.5. The van der Waals surface area contributed by atoms with E-state index in [1.54, 1.807) is 6.07 Å². The summed E-state index contributed by atoms with van der Waals surface area (Å²) in [5, 5.41) is 3.13. The highest BCUT2D eigenvalue weighted by Gasteiger charge is 2.04. The van der Waals surface area contributed by atoms with Gasteiger partial charge in [0.1, 0.15) is 0 Å². The van der Waals surface area contributed by atoms with Gasteiger partial charge in [-0.05, 0) is 32.4 Å². The standard InChI is InChI=1S/C12H18FNO/c1-4-7-15-12-6-5-10(8-11(12)13)14-9(2)3/h5-6,8-9,14H,4,7H2,1-3H3. The Labute approximate surface area is 90.4 Å². The van der Waals surface area contributed by atoms with Gasteiger partial charge >= 0.3 is 0 Å². The van der Waals surface area contributed by atoms with Crippen LogP contribution in [0, 0.1) is 5.82 Å². The normalized spacial score (nSPS) is 10.5. The molecule has 0 aliphatic carbocycles. The number of hydrogen-bond acceptors (Lipinski definition) is 2. The van der Waals surface area contributed by atoms with Gasteiger partial charge in [0.15, 0.2) is 11.6 Å². The molecule has 1 aromatic carbocycles. The van der Waals surface area contributed by atoms with E-state index in [4.69, 9.17) is 4.74 Å². The Morgan fingerprint density at radius 1 is 1.40 bits per heavy atom. The predicted molar refractivity (Wildman–Crippen MR) is 60.9 cm³/mol. The molecule has 1 aromatic rings. The lowest BCUT2D eigenvalue weighted by Crippen LogP contribution is -2.09. The first-order valence-corrected chi connectivity index (χ1v) is 5.32. The Hall–Kier alpha value is -1.25. The highest BCUT2D eigenvalue weighted by molar-refractivity contribution is 5.47. The fourth-order valence-corrected chi connectivity index (χ4v) is 1.25. The molecule has 0 amide bonds. The average molecular weight is 211 g/mol. The van der Waals surface area contributed by atoms with Crippen molar-refractivity contribution < 1.29 is 9.13 Å². The molecule has 0 aliphatic heterocycles. The van der Waals surface area contributed by atoms with Gasteiger partial charge in [-0.3, -0.25) is 0 Å². The molecule has 0 radical (unpaired) electrons. The van der Waals surface area contributed by atoms with Gasteiger partial charge < -0.3 is 10.1 Å². The molecule has 3 heteroatoms. The van der Waals surface area contributed by atoms with Crippen LogP contribution >= 0.6 is 0 Å². The van der Waals surface area contributed by atoms with Crippen molar-refractivity contribution in [1.29, 1.82) is 0 Å². The molecule has 1 N–H and O–H groups in total. The van der Waals surface area contributed by atoms with Gasteiger partial charge in [0.25, 0.3) is 0 Å². The number of benzene rings is 1. The van der Waals surface area contributed by atoms with E-state index in [1.165, 1.54) is 6.07 Å². The molecule has 0 heterocycles. The van der Waals surface area contributed by atoms with Crippen molar-refractivity contribution in [3.05, 3.63) is 24.0 Å². The number of rotatable bonds is 5. The first kappa shape index (κ1) is 11.8. The maximum Gasteiger partial charge on any atom is 0.167 e. The summed E-state index contributed by atoms with van der Waals surface area (Å²) in [6.07, 6.45) is 0.880. The summed E-state index contributed by atoms with van der Waals surface area (Å²) in [7, 11) is 0. The van der Waals surface area contributed by atoms with E-state index < -0.39 is 0 Å². The monoisotopic (exact) mass is 211 g/mol. The molecule has 0 spiro atoms. The molecule has 1 rings (SSSR count). The van der Waals surface area contributed by atoms with Crippen LogP contribution in [0.1, 0.15) is 27.2 Å². The van der Waals surface area contributed by atoms with Gasteiger partial charge in [-0.1, -0.05) is 6.92 Å². The Balaban J connectivity index is 2.69. The Morgan fingerprint density at radius 2 is 2.13 bits per heavy atom. The summed E-state index contributed by atoms with van der Waals surface area (Å²) >= 11 is 0. The topological polar surface area (TPSA) is 21.3 Å². The van der Waals surface area contributed by atoms with Gasteiger partial charge in [-0.2, -0.15) is 0 Å². The van der Waals surface area contributed by atoms with Crippen LogP contribution in [-0.2, 0) is 0 Å². The van der Waals surface area contributed by atoms with Gasteiger partial charge in [0, 0.05) is 17.8 Å². The van der Waals surface area contributed by atoms with Crippen molar-refractivity contribution in [3.63, 3.8) is 0 Å². The molecule has 0 aromatic heterocycles. The van der Waals surface area contributed by atoms with E-state index in [0.29, 0.717) is 18.4 Å². The molecule has 0 saturated heterocycles. The summed E-state index contributed by atoms with van der Waals surface area (Å²) in [5.74, 6) is 0.0141. The Morgan fingerprint density at radius 3 is 2.67 bits per heavy atom. The molecule has 84 valence electrons. The van der Waals surface area contributed by atoms with E-state index in [9.17, 15) is 4.39 Å². The maximum atomic E-state index is 13.5. The zero-order valence-electron chi connectivity index (χ0n) is 9.51. The lowest BCUT2D eigenvalue weighted by molar-refractivity contribution is 0.301. The summed E-state index contributed by atoms with van der Waals surface area (Å²) in [5.41, 5.74) is 0.784. The van der Waals surface area contributed by atoms with Gasteiger partial charge in [0.2, 0.25) is 0 Å². The Bertz CT molecular complexity index is 312. The third kappa shape index (κ3) is 3.78. The van der Waals surface area contributed by atoms with Crippen LogP contribution in [0.15, 0.2) is 18.2 Å². The van der Waals surface area contributed by atoms with Crippen LogP contribution in [-0.4, -0.2) is 12.6 Å². The summed E-state index contributed by atoms with van der Waals surface area (Å²) < 4.78 is 18.7. The lowest BCUT2D eigenvalue weighted by Gasteiger charge is -2.11. The van der Waals surface area contributed by atoms with Gasteiger partial charge in [-0.25, -0.2) is 4.39 Å². The van der Waals surface area contributed by atoms with Crippen molar-refractivity contribution in [3.8, 4) is 5.75 Å². The van der Waals surface area contributed by atoms with E-state index in [0.717, 1.165) is 12.1 Å². The molecule has 0 saturated carbocycles. The molecule has 0 aliphatic rings. The molecular formula is C12H18FNO. The smallest absolute Gasteiger partial charge is 0.167 e. The number of ether oxygens (including phenoxy) is 1. The van der Waals surface area contributed by atoms with Crippen LogP contribution in [0.5, 0.6) is 5.75 Å². The highest BCUT2D eigenvalue weighted by Crippen LogP contribution is 2.21. The van der Waals surface area contributed by atoms with Crippen molar-refractivity contribution in [2.45, 2.75) is 33.2 Å². The van der Waals surface area contributed by atoms with E-state index in [-0.39, 0.29) is 5.82 Å². The largest absolute Gasteiger partial charge is 0.491 e. The minimum atomic E-state index is -0.311. The fourth-order valence-electron chi connectivity index (χ4n) is 1.25. The third-order valence-electron chi connectivity index (χ3n) is 1.85. The number of anilines is 1. The number of hydrogen-bond donors (Lipinski definition) is 1. The van der Waals surface area contributed by atoms with Crippen molar-refractivity contribution in [2.24, 2.45) is 0 Å². The molecule has 0 atom stereocenters. The molecule has 2 nitrogen and oxygen atoms in total. The van der Waals surface area contributed by atoms with Crippen molar-refractivity contribution in [1.82, 2.24) is 0 Å². The summed E-state index contributed by atoms with van der Waals surface area (Å²) in [4.78, 5) is 0. The van der Waals surface area contributed by atoms with Gasteiger partial charge in [-0.15, -0.1) is 0 Å². The molecule has 15 heavy (non-hydrogen) atoms. The highest BCUT2D eigenvalue weighted by atomic mass is 19.1. The van der Waals surface area contributed by atoms with E-state index in [2.05, 4.69) is 5.32 Å². The molecule has 0 bridgehead atoms. The van der Waals surface area contributed by atoms with Crippen LogP contribution < -0.4 is 10.1 Å². The first-order chi connectivity index (χ1) is 7.13. The third-order valence-corrected chi connectivity index (χ3v) is 1.85. The van der Waals surface area contributed by atoms with Gasteiger partial charge in [0.05, 0.1) is 6.61 Å². The Kier molecular flexibility index (Phi) is 4.40. The molecule has 0 unspecified atom stereocenters. The van der Waals surface area contributed by atoms with Crippen LogP contribution in [0.4, 0.5) is 10.1 Å². The second kappa shape index (κ2) is 5.59. The predicted octanol–water partition coefficient (Wildman–Crippen LogP) is 3.43. The minimum absolute atomic E-state index is 0.298. The van der Waals surface area contributed by atoms with Crippen molar-refractivity contribution >= 4 is 5.69 Å². The van der Waals surface area contributed by atoms with Crippen LogP contribution in [0.3, 0.4) is 0 Å². The zero-order chi connectivity index (χ0) is 11.3. The zero-order valence-corrected chi connectivity index (χ0v) is 9.51. The molecule has 0 fully saturated rings. The minimum Gasteiger partial charge on any atom is -0.491 e. The van der Waals surface area contributed by atoms with E-state index >= 15 is 0 Å². The quantitative estimate of drug-likeness (QED) is 0.805. The SMILES string of the molecule is CCCOc1ccc(NC(C)C)cc1F. The summed E-state index contributed by atoms with van der Waals surface area (Å²) in [6.45, 7) is 6.57. The second-order valence-electron chi connectivity index (χ2n) is 3.79. The second-order valence-corrected chi connectivity index (χ2v) is 3.79. The van der Waals surface area contributed by atoms with Crippen LogP contribution in [0.2, 0.25) is 0 Å². The molecular weight excluding hydrogens is 193 g/mol. The number of nitrogens with one attached hydrogen (secondary N) is 1. The summed E-state index contributed by atoms with van der Waals surface area (Å²) in [6, 6.07) is 5.25. The van der Waals surface area contributed by atoms with Crippen LogP contribution in [0.25, 0.3) is 0 Å². The average Bonchev–Trinajstić information content (AvgIpc) is 2.15. The number of halogens is 1. The lowest BCUT2D eigenvalue weighted by atomic mass is 10.2. The fraction of sp³-hybridized carbons (Fsp3) is 0.500. The first-order valence-electron chi connectivity index (χ1n) is 5.32. The van der Waals surface area contributed by atoms with Crippen molar-refractivity contribution in [2.75, 3.05) is 11.9 Å².